The van der Waals surface area contributed by atoms with Gasteiger partial charge in [-0.15, -0.1) is 0 Å². The van der Waals surface area contributed by atoms with Crippen LogP contribution in [0.4, 0.5) is 0 Å². The van der Waals surface area contributed by atoms with Crippen molar-refractivity contribution in [2.24, 2.45) is 0 Å². The fourth-order valence-corrected chi connectivity index (χ4v) is 6.77. The van der Waals surface area contributed by atoms with Crippen LogP contribution in [-0.2, 0) is 33.3 Å². The van der Waals surface area contributed by atoms with Crippen LogP contribution in [0.2, 0.25) is 0 Å². The molecule has 2 N–H and O–H groups in total. The first kappa shape index (κ1) is 30.5. The van der Waals surface area contributed by atoms with E-state index in [0.29, 0.717) is 13.1 Å². The van der Waals surface area contributed by atoms with Gasteiger partial charge >= 0.3 is 0 Å². The summed E-state index contributed by atoms with van der Waals surface area (Å²) in [5.41, 5.74) is 8.05. The summed E-state index contributed by atoms with van der Waals surface area (Å²) in [6, 6.07) is 34.3. The molecule has 5 aromatic carbocycles. The maximum atomic E-state index is 11.5. The van der Waals surface area contributed by atoms with Gasteiger partial charge in [-0.2, -0.15) is 16.8 Å². The SMILES string of the molecule is Cc1nc2cc(-c3ccc4c(c3)nc(-c3ccccc3)n4Cc3ccc(S(=O)(=O)O)cc3)ccc2n1Cc1ccc(S(=O)(=O)O)cc1. The predicted octanol–water partition coefficient (Wildman–Crippen LogP) is 6.62. The Balaban J connectivity index is 1.24. The van der Waals surface area contributed by atoms with Gasteiger partial charge in [0.1, 0.15) is 11.6 Å². The van der Waals surface area contributed by atoms with Crippen molar-refractivity contribution in [3.8, 4) is 22.5 Å². The predicted molar refractivity (Wildman–Crippen MR) is 179 cm³/mol. The summed E-state index contributed by atoms with van der Waals surface area (Å²) in [5, 5.41) is 0. The van der Waals surface area contributed by atoms with Gasteiger partial charge in [0.05, 0.1) is 31.9 Å². The smallest absolute Gasteiger partial charge is 0.294 e. The lowest BCUT2D eigenvalue weighted by atomic mass is 10.0. The van der Waals surface area contributed by atoms with E-state index in [9.17, 15) is 25.9 Å². The van der Waals surface area contributed by atoms with Crippen LogP contribution >= 0.6 is 0 Å². The molecule has 0 amide bonds. The second-order valence-electron chi connectivity index (χ2n) is 11.3. The van der Waals surface area contributed by atoms with Gasteiger partial charge in [0.15, 0.2) is 0 Å². The summed E-state index contributed by atoms with van der Waals surface area (Å²) in [4.78, 5) is 9.51. The molecule has 7 aromatic rings. The Morgan fingerprint density at radius 1 is 0.553 bits per heavy atom. The first-order valence-corrected chi connectivity index (χ1v) is 17.5. The lowest BCUT2D eigenvalue weighted by Gasteiger charge is -2.11. The van der Waals surface area contributed by atoms with Gasteiger partial charge in [-0.1, -0.05) is 66.7 Å². The van der Waals surface area contributed by atoms with Crippen molar-refractivity contribution >= 4 is 42.3 Å². The van der Waals surface area contributed by atoms with Crippen LogP contribution in [-0.4, -0.2) is 45.0 Å². The number of hydrogen-bond donors (Lipinski definition) is 2. The lowest BCUT2D eigenvalue weighted by molar-refractivity contribution is 0.481. The molecule has 2 aromatic heterocycles. The molecular weight excluding hydrogens is 637 g/mol. The number of aryl methyl sites for hydroxylation is 1. The van der Waals surface area contributed by atoms with Gasteiger partial charge in [-0.05, 0) is 77.7 Å². The third kappa shape index (κ3) is 6.07. The van der Waals surface area contributed by atoms with Crippen molar-refractivity contribution in [3.05, 3.63) is 132 Å². The van der Waals surface area contributed by atoms with Gasteiger partial charge in [0.25, 0.3) is 20.2 Å². The van der Waals surface area contributed by atoms with Crippen LogP contribution in [0.15, 0.2) is 125 Å². The molecule has 0 unspecified atom stereocenters. The van der Waals surface area contributed by atoms with Crippen LogP contribution in [0.3, 0.4) is 0 Å². The number of fused-ring (bicyclic) bond motifs is 2. The molecule has 0 saturated carbocycles. The highest BCUT2D eigenvalue weighted by Crippen LogP contribution is 2.31. The van der Waals surface area contributed by atoms with Crippen LogP contribution in [0, 0.1) is 6.92 Å². The van der Waals surface area contributed by atoms with E-state index in [1.54, 1.807) is 24.3 Å². The van der Waals surface area contributed by atoms with Gasteiger partial charge in [0.2, 0.25) is 0 Å². The fourth-order valence-electron chi connectivity index (χ4n) is 5.81. The second kappa shape index (κ2) is 11.6. The van der Waals surface area contributed by atoms with E-state index in [0.717, 1.165) is 61.5 Å². The Hall–Kier alpha value is -5.14. The Kier molecular flexibility index (Phi) is 7.52. The van der Waals surface area contributed by atoms with Crippen LogP contribution in [0.1, 0.15) is 17.0 Å². The highest BCUT2D eigenvalue weighted by atomic mass is 32.2. The number of rotatable bonds is 8. The van der Waals surface area contributed by atoms with Crippen LogP contribution in [0.5, 0.6) is 0 Å². The fraction of sp³-hybridized carbons (Fsp3) is 0.0857. The van der Waals surface area contributed by atoms with E-state index in [4.69, 9.17) is 9.97 Å². The quantitative estimate of drug-likeness (QED) is 0.173. The first-order chi connectivity index (χ1) is 22.4. The molecule has 236 valence electrons. The molecule has 7 rings (SSSR count). The summed E-state index contributed by atoms with van der Waals surface area (Å²) >= 11 is 0. The Labute approximate surface area is 271 Å². The van der Waals surface area contributed by atoms with E-state index in [1.807, 2.05) is 73.7 Å². The third-order valence-electron chi connectivity index (χ3n) is 8.18. The van der Waals surface area contributed by atoms with E-state index in [1.165, 1.54) is 24.3 Å². The van der Waals surface area contributed by atoms with E-state index in [-0.39, 0.29) is 9.79 Å². The van der Waals surface area contributed by atoms with Crippen molar-refractivity contribution in [1.82, 2.24) is 19.1 Å². The van der Waals surface area contributed by atoms with Crippen molar-refractivity contribution in [2.45, 2.75) is 29.8 Å². The van der Waals surface area contributed by atoms with Gasteiger partial charge in [-0.3, -0.25) is 9.11 Å². The van der Waals surface area contributed by atoms with E-state index < -0.39 is 20.2 Å². The zero-order valence-corrected chi connectivity index (χ0v) is 26.6. The summed E-state index contributed by atoms with van der Waals surface area (Å²) in [6.45, 7) is 2.84. The van der Waals surface area contributed by atoms with Crippen LogP contribution < -0.4 is 0 Å². The molecule has 0 saturated heterocycles. The molecule has 47 heavy (non-hydrogen) atoms. The molecule has 10 nitrogen and oxygen atoms in total. The Morgan fingerprint density at radius 3 is 1.53 bits per heavy atom. The topological polar surface area (TPSA) is 144 Å². The van der Waals surface area contributed by atoms with E-state index >= 15 is 0 Å². The molecule has 0 fully saturated rings. The minimum atomic E-state index is -4.28. The van der Waals surface area contributed by atoms with Crippen molar-refractivity contribution in [3.63, 3.8) is 0 Å². The maximum absolute atomic E-state index is 11.5. The molecule has 0 aliphatic carbocycles. The van der Waals surface area contributed by atoms with Crippen LogP contribution in [0.25, 0.3) is 44.6 Å². The molecular formula is C35H28N4O6S2. The molecule has 12 heteroatoms. The Bertz CT molecular complexity index is 2510. The summed E-state index contributed by atoms with van der Waals surface area (Å²) in [6.07, 6.45) is 0. The normalized spacial score (nSPS) is 12.2. The molecule has 0 aliphatic heterocycles. The first-order valence-electron chi connectivity index (χ1n) is 14.6. The van der Waals surface area contributed by atoms with Crippen molar-refractivity contribution < 1.29 is 25.9 Å². The maximum Gasteiger partial charge on any atom is 0.294 e. The monoisotopic (exact) mass is 664 g/mol. The largest absolute Gasteiger partial charge is 0.324 e. The standard InChI is InChI=1S/C35H28N4O6S2/c1-23-36-31-19-27(11-17-33(31)38(23)21-24-7-13-29(14-8-24)46(40,41)42)28-12-18-34-32(20-28)37-35(26-5-3-2-4-6-26)39(34)22-25-9-15-30(16-10-25)47(43,44)45/h2-20H,21-22H2,1H3,(H,40,41,42)(H,43,44,45). The van der Waals surface area contributed by atoms with Crippen molar-refractivity contribution in [2.75, 3.05) is 0 Å². The zero-order chi connectivity index (χ0) is 32.9. The molecule has 0 aliphatic rings. The van der Waals surface area contributed by atoms with Gasteiger partial charge < -0.3 is 9.13 Å². The number of hydrogen-bond acceptors (Lipinski definition) is 6. The second-order valence-corrected chi connectivity index (χ2v) is 14.1. The number of imidazole rings is 2. The highest BCUT2D eigenvalue weighted by Gasteiger charge is 2.17. The lowest BCUT2D eigenvalue weighted by Crippen LogP contribution is -2.03. The van der Waals surface area contributed by atoms with Crippen molar-refractivity contribution in [1.29, 1.82) is 0 Å². The summed E-state index contributed by atoms with van der Waals surface area (Å²) < 4.78 is 68.7. The molecule has 0 spiro atoms. The highest BCUT2D eigenvalue weighted by molar-refractivity contribution is 7.86. The third-order valence-corrected chi connectivity index (χ3v) is 9.91. The minimum Gasteiger partial charge on any atom is -0.324 e. The Morgan fingerprint density at radius 2 is 1.02 bits per heavy atom. The molecule has 0 atom stereocenters. The number of benzene rings is 5. The number of aromatic nitrogens is 4. The van der Waals surface area contributed by atoms with E-state index in [2.05, 4.69) is 9.13 Å². The van der Waals surface area contributed by atoms with Gasteiger partial charge in [-0.25, -0.2) is 9.97 Å². The average Bonchev–Trinajstić information content (AvgIpc) is 3.56. The number of nitrogens with zero attached hydrogens (tertiary/aromatic N) is 4. The van der Waals surface area contributed by atoms with Gasteiger partial charge in [0, 0.05) is 18.7 Å². The molecule has 0 bridgehead atoms. The summed E-state index contributed by atoms with van der Waals surface area (Å²) in [5.74, 6) is 1.58. The average molecular weight is 665 g/mol. The zero-order valence-electron chi connectivity index (χ0n) is 25.0. The molecule has 0 radical (unpaired) electrons. The minimum absolute atomic E-state index is 0.148. The molecule has 2 heterocycles. The summed E-state index contributed by atoms with van der Waals surface area (Å²) in [7, 11) is -8.54.